The van der Waals surface area contributed by atoms with Crippen molar-refractivity contribution in [1.82, 2.24) is 20.0 Å². The van der Waals surface area contributed by atoms with Gasteiger partial charge in [-0.2, -0.15) is 0 Å². The lowest BCUT2D eigenvalue weighted by atomic mass is 10.1. The van der Waals surface area contributed by atoms with E-state index in [1.54, 1.807) is 7.05 Å². The van der Waals surface area contributed by atoms with Crippen molar-refractivity contribution >= 4 is 17.9 Å². The molecular formula is C17H19N5O2. The second-order valence-corrected chi connectivity index (χ2v) is 6.44. The number of hydrogen-bond acceptors (Lipinski definition) is 5. The van der Waals surface area contributed by atoms with Crippen LogP contribution in [-0.2, 0) is 11.3 Å². The number of imide groups is 1. The lowest BCUT2D eigenvalue weighted by Crippen LogP contribution is -2.62. The first-order valence-corrected chi connectivity index (χ1v) is 7.91. The number of allylic oxidation sites excluding steroid dienone is 1. The van der Waals surface area contributed by atoms with Crippen molar-refractivity contribution in [3.05, 3.63) is 47.3 Å². The third-order valence-electron chi connectivity index (χ3n) is 4.73. The fourth-order valence-corrected chi connectivity index (χ4v) is 3.32. The largest absolute Gasteiger partial charge is 0.325 e. The van der Waals surface area contributed by atoms with Gasteiger partial charge in [0.05, 0.1) is 6.54 Å². The molecular weight excluding hydrogens is 306 g/mol. The molecule has 2 unspecified atom stereocenters. The van der Waals surface area contributed by atoms with E-state index in [2.05, 4.69) is 46.4 Å². The summed E-state index contributed by atoms with van der Waals surface area (Å²) >= 11 is 0. The Morgan fingerprint density at radius 1 is 1.17 bits per heavy atom. The SMILES string of the molecule is CC1=CN2C(=NC3C2C(=O)NC(=O)N3C)N1Cc1ccc(C)cc1. The predicted octanol–water partition coefficient (Wildman–Crippen LogP) is 1.22. The molecule has 24 heavy (non-hydrogen) atoms. The zero-order valence-electron chi connectivity index (χ0n) is 13.9. The van der Waals surface area contributed by atoms with Crippen LogP contribution in [0.25, 0.3) is 0 Å². The highest BCUT2D eigenvalue weighted by molar-refractivity contribution is 6.04. The van der Waals surface area contributed by atoms with Crippen molar-refractivity contribution in [2.75, 3.05) is 7.05 Å². The Bertz CT molecular complexity index is 783. The van der Waals surface area contributed by atoms with E-state index in [0.717, 1.165) is 11.7 Å². The Morgan fingerprint density at radius 3 is 2.58 bits per heavy atom. The summed E-state index contributed by atoms with van der Waals surface area (Å²) in [4.78, 5) is 34.2. The van der Waals surface area contributed by atoms with Gasteiger partial charge in [0, 0.05) is 18.9 Å². The topological polar surface area (TPSA) is 68.2 Å². The van der Waals surface area contributed by atoms with Gasteiger partial charge in [-0.1, -0.05) is 29.8 Å². The number of nitrogens with zero attached hydrogens (tertiary/aromatic N) is 4. The Balaban J connectivity index is 1.64. The molecule has 1 N–H and O–H groups in total. The molecule has 1 saturated heterocycles. The summed E-state index contributed by atoms with van der Waals surface area (Å²) in [5.41, 5.74) is 3.41. The van der Waals surface area contributed by atoms with Gasteiger partial charge in [0.2, 0.25) is 5.96 Å². The molecule has 0 aliphatic carbocycles. The first kappa shape index (κ1) is 14.7. The van der Waals surface area contributed by atoms with Crippen LogP contribution in [0, 0.1) is 6.92 Å². The maximum Gasteiger partial charge on any atom is 0.325 e. The van der Waals surface area contributed by atoms with Crippen LogP contribution in [0.3, 0.4) is 0 Å². The molecule has 1 fully saturated rings. The maximum absolute atomic E-state index is 12.3. The van der Waals surface area contributed by atoms with Crippen molar-refractivity contribution in [2.45, 2.75) is 32.6 Å². The zero-order chi connectivity index (χ0) is 17.0. The number of carbonyl (C=O) groups excluding carboxylic acids is 2. The second kappa shape index (κ2) is 5.09. The minimum absolute atomic E-state index is 0.303. The fourth-order valence-electron chi connectivity index (χ4n) is 3.32. The number of benzene rings is 1. The molecule has 0 bridgehead atoms. The number of rotatable bonds is 2. The number of amides is 3. The monoisotopic (exact) mass is 325 g/mol. The highest BCUT2D eigenvalue weighted by Crippen LogP contribution is 2.32. The van der Waals surface area contributed by atoms with E-state index in [0.29, 0.717) is 6.54 Å². The van der Waals surface area contributed by atoms with Crippen LogP contribution in [0.2, 0.25) is 0 Å². The van der Waals surface area contributed by atoms with Crippen LogP contribution in [-0.4, -0.2) is 51.9 Å². The van der Waals surface area contributed by atoms with Gasteiger partial charge in [-0.3, -0.25) is 10.1 Å². The molecule has 124 valence electrons. The van der Waals surface area contributed by atoms with Gasteiger partial charge >= 0.3 is 6.03 Å². The number of hydrogen-bond donors (Lipinski definition) is 1. The van der Waals surface area contributed by atoms with E-state index >= 15 is 0 Å². The normalized spacial score (nSPS) is 25.4. The molecule has 7 heteroatoms. The van der Waals surface area contributed by atoms with Crippen LogP contribution < -0.4 is 5.32 Å². The van der Waals surface area contributed by atoms with Gasteiger partial charge in [0.15, 0.2) is 12.2 Å². The van der Waals surface area contributed by atoms with Gasteiger partial charge in [0.25, 0.3) is 5.91 Å². The van der Waals surface area contributed by atoms with Gasteiger partial charge < -0.3 is 14.7 Å². The minimum atomic E-state index is -0.499. The van der Waals surface area contributed by atoms with Gasteiger partial charge in [-0.25, -0.2) is 9.79 Å². The van der Waals surface area contributed by atoms with Crippen molar-refractivity contribution in [3.8, 4) is 0 Å². The molecule has 0 radical (unpaired) electrons. The van der Waals surface area contributed by atoms with E-state index in [4.69, 9.17) is 0 Å². The standard InChI is InChI=1S/C17H19N5O2/c1-10-4-6-12(7-5-10)9-21-11(2)8-22-13-14(18-16(21)22)20(3)17(24)19-15(13)23/h4-8,13-14H,9H2,1-3H3,(H,19,23,24). The number of fused-ring (bicyclic) bond motifs is 3. The van der Waals surface area contributed by atoms with Crippen molar-refractivity contribution < 1.29 is 9.59 Å². The molecule has 3 aliphatic rings. The van der Waals surface area contributed by atoms with Crippen LogP contribution in [0.15, 0.2) is 41.2 Å². The zero-order valence-corrected chi connectivity index (χ0v) is 13.9. The Hall–Kier alpha value is -2.83. The number of nitrogens with one attached hydrogen (secondary N) is 1. The predicted molar refractivity (Wildman–Crippen MR) is 88.6 cm³/mol. The molecule has 1 aromatic carbocycles. The van der Waals surface area contributed by atoms with Gasteiger partial charge in [0.1, 0.15) is 0 Å². The highest BCUT2D eigenvalue weighted by Gasteiger charge is 2.51. The van der Waals surface area contributed by atoms with Crippen LogP contribution in [0.5, 0.6) is 0 Å². The summed E-state index contributed by atoms with van der Waals surface area (Å²) < 4.78 is 0. The minimum Gasteiger partial charge on any atom is -0.310 e. The van der Waals surface area contributed by atoms with Crippen LogP contribution >= 0.6 is 0 Å². The van der Waals surface area contributed by atoms with Gasteiger partial charge in [-0.15, -0.1) is 0 Å². The molecule has 3 amide bonds. The lowest BCUT2D eigenvalue weighted by molar-refractivity contribution is -0.126. The molecule has 0 aromatic heterocycles. The number of urea groups is 1. The first-order valence-electron chi connectivity index (χ1n) is 7.91. The smallest absolute Gasteiger partial charge is 0.310 e. The quantitative estimate of drug-likeness (QED) is 0.888. The number of likely N-dealkylation sites (N-methyl/N-ethyl adjacent to an activating group) is 1. The van der Waals surface area contributed by atoms with Crippen LogP contribution in [0.1, 0.15) is 18.1 Å². The molecule has 1 aromatic rings. The van der Waals surface area contributed by atoms with E-state index in [1.165, 1.54) is 16.0 Å². The van der Waals surface area contributed by atoms with Crippen molar-refractivity contribution in [3.63, 3.8) is 0 Å². The molecule has 2 atom stereocenters. The lowest BCUT2D eigenvalue weighted by Gasteiger charge is -2.34. The number of carbonyl (C=O) groups is 2. The number of guanidine groups is 1. The average molecular weight is 325 g/mol. The highest BCUT2D eigenvalue weighted by atomic mass is 16.2. The van der Waals surface area contributed by atoms with Crippen molar-refractivity contribution in [2.24, 2.45) is 4.99 Å². The number of aryl methyl sites for hydroxylation is 1. The third-order valence-corrected chi connectivity index (χ3v) is 4.73. The summed E-state index contributed by atoms with van der Waals surface area (Å²) in [5.74, 6) is 0.419. The fraction of sp³-hybridized carbons (Fsp3) is 0.353. The average Bonchev–Trinajstić information content (AvgIpc) is 3.04. The maximum atomic E-state index is 12.3. The summed E-state index contributed by atoms with van der Waals surface area (Å²) in [6, 6.07) is 7.45. The molecule has 0 spiro atoms. The second-order valence-electron chi connectivity index (χ2n) is 6.44. The van der Waals surface area contributed by atoms with E-state index < -0.39 is 18.2 Å². The van der Waals surface area contributed by atoms with E-state index in [-0.39, 0.29) is 5.91 Å². The summed E-state index contributed by atoms with van der Waals surface area (Å²) in [7, 11) is 1.66. The third kappa shape index (κ3) is 2.08. The molecule has 0 saturated carbocycles. The molecule has 3 aliphatic heterocycles. The summed E-state index contributed by atoms with van der Waals surface area (Å²) in [5, 5.41) is 2.38. The van der Waals surface area contributed by atoms with Gasteiger partial charge in [-0.05, 0) is 19.4 Å². The van der Waals surface area contributed by atoms with E-state index in [1.807, 2.05) is 18.0 Å². The van der Waals surface area contributed by atoms with Crippen molar-refractivity contribution in [1.29, 1.82) is 0 Å². The Labute approximate surface area is 140 Å². The summed E-state index contributed by atoms with van der Waals surface area (Å²) in [6.45, 7) is 4.74. The molecule has 3 heterocycles. The molecule has 7 nitrogen and oxygen atoms in total. The summed E-state index contributed by atoms with van der Waals surface area (Å²) in [6.07, 6.45) is 1.45. The molecule has 4 rings (SSSR count). The van der Waals surface area contributed by atoms with E-state index in [9.17, 15) is 9.59 Å². The number of aliphatic imine (C=N–C) groups is 1. The Kier molecular flexibility index (Phi) is 3.13. The first-order chi connectivity index (χ1) is 11.5. The van der Waals surface area contributed by atoms with Crippen LogP contribution in [0.4, 0.5) is 4.79 Å². The Morgan fingerprint density at radius 2 is 1.88 bits per heavy atom.